The highest BCUT2D eigenvalue weighted by atomic mass is 79.9. The Labute approximate surface area is 110 Å². The smallest absolute Gasteiger partial charge is 0.364 e. The van der Waals surface area contributed by atoms with E-state index in [2.05, 4.69) is 25.8 Å². The fraction of sp³-hybridized carbons (Fsp3) is 0.600. The maximum absolute atomic E-state index is 11.8. The van der Waals surface area contributed by atoms with E-state index in [1.54, 1.807) is 14.0 Å². The number of ether oxygens (including phenoxy) is 1. The van der Waals surface area contributed by atoms with Crippen LogP contribution in [0.3, 0.4) is 0 Å². The van der Waals surface area contributed by atoms with Crippen LogP contribution >= 0.6 is 15.9 Å². The zero-order valence-corrected chi connectivity index (χ0v) is 11.4. The number of ketones is 1. The van der Waals surface area contributed by atoms with Crippen molar-refractivity contribution in [3.63, 3.8) is 0 Å². The molecule has 0 amide bonds. The van der Waals surface area contributed by atoms with Gasteiger partial charge in [-0.2, -0.15) is 18.3 Å². The summed E-state index contributed by atoms with van der Waals surface area (Å²) >= 11 is 3.27. The van der Waals surface area contributed by atoms with Gasteiger partial charge in [0.25, 0.3) is 0 Å². The summed E-state index contributed by atoms with van der Waals surface area (Å²) in [5.74, 6) is -0.428. The molecule has 0 saturated heterocycles. The molecule has 0 spiro atoms. The van der Waals surface area contributed by atoms with Gasteiger partial charge in [-0.3, -0.25) is 9.48 Å². The molecule has 18 heavy (non-hydrogen) atoms. The molecule has 1 heterocycles. The predicted octanol–water partition coefficient (Wildman–Crippen LogP) is 2.18. The van der Waals surface area contributed by atoms with E-state index in [4.69, 9.17) is 0 Å². The number of carbonyl (C=O) groups is 1. The van der Waals surface area contributed by atoms with Crippen molar-refractivity contribution in [2.24, 2.45) is 7.05 Å². The molecule has 0 aliphatic heterocycles. The molecule has 1 aromatic rings. The lowest BCUT2D eigenvalue weighted by atomic mass is 10.2. The molecule has 0 aliphatic rings. The first-order valence-electron chi connectivity index (χ1n) is 5.05. The van der Waals surface area contributed by atoms with Crippen LogP contribution in [0.2, 0.25) is 0 Å². The van der Waals surface area contributed by atoms with Crippen molar-refractivity contribution in [3.05, 3.63) is 15.9 Å². The molecular weight excluding hydrogens is 317 g/mol. The standard InChI is InChI=1S/C10H12BrF3N2O2/c1-6-9(11)8(16(2)15-6)3-7(17)4-18-5-10(12,13)14/h3-5H2,1-2H3. The fourth-order valence-electron chi connectivity index (χ4n) is 1.39. The van der Waals surface area contributed by atoms with Gasteiger partial charge in [0, 0.05) is 7.05 Å². The number of nitrogens with zero attached hydrogens (tertiary/aromatic N) is 2. The Bertz CT molecular complexity index is 443. The minimum absolute atomic E-state index is 0.0181. The third kappa shape index (κ3) is 4.41. The fourth-order valence-corrected chi connectivity index (χ4v) is 1.87. The second-order valence-electron chi connectivity index (χ2n) is 3.79. The first kappa shape index (κ1) is 15.2. The summed E-state index contributed by atoms with van der Waals surface area (Å²) in [5.41, 5.74) is 1.34. The van der Waals surface area contributed by atoms with Crippen LogP contribution in [-0.4, -0.2) is 35.0 Å². The van der Waals surface area contributed by atoms with E-state index < -0.39 is 25.2 Å². The summed E-state index contributed by atoms with van der Waals surface area (Å²) in [5, 5.41) is 4.08. The number of halogens is 4. The maximum Gasteiger partial charge on any atom is 0.411 e. The van der Waals surface area contributed by atoms with Gasteiger partial charge in [0.2, 0.25) is 0 Å². The second kappa shape index (κ2) is 5.83. The number of rotatable bonds is 5. The van der Waals surface area contributed by atoms with Gasteiger partial charge in [0.15, 0.2) is 5.78 Å². The summed E-state index contributed by atoms with van der Waals surface area (Å²) in [6.45, 7) is -0.210. The topological polar surface area (TPSA) is 44.1 Å². The average molecular weight is 329 g/mol. The van der Waals surface area contributed by atoms with E-state index in [-0.39, 0.29) is 6.42 Å². The molecule has 8 heteroatoms. The van der Waals surface area contributed by atoms with Gasteiger partial charge in [0.1, 0.15) is 13.2 Å². The minimum atomic E-state index is -4.41. The van der Waals surface area contributed by atoms with Gasteiger partial charge in [-0.15, -0.1) is 0 Å². The normalized spacial score (nSPS) is 11.9. The van der Waals surface area contributed by atoms with Crippen molar-refractivity contribution in [3.8, 4) is 0 Å². The van der Waals surface area contributed by atoms with Crippen LogP contribution in [0.5, 0.6) is 0 Å². The van der Waals surface area contributed by atoms with E-state index in [1.807, 2.05) is 0 Å². The highest BCUT2D eigenvalue weighted by molar-refractivity contribution is 9.10. The Hall–Kier alpha value is -0.890. The van der Waals surface area contributed by atoms with Crippen LogP contribution in [0, 0.1) is 6.92 Å². The van der Waals surface area contributed by atoms with E-state index in [9.17, 15) is 18.0 Å². The molecule has 1 rings (SSSR count). The summed E-state index contributed by atoms with van der Waals surface area (Å²) < 4.78 is 41.9. The number of hydrogen-bond acceptors (Lipinski definition) is 3. The molecule has 102 valence electrons. The molecule has 0 N–H and O–H groups in total. The Balaban J connectivity index is 2.50. The maximum atomic E-state index is 11.8. The van der Waals surface area contributed by atoms with Crippen molar-refractivity contribution in [2.45, 2.75) is 19.5 Å². The zero-order valence-electron chi connectivity index (χ0n) is 9.84. The van der Waals surface area contributed by atoms with Crippen molar-refractivity contribution < 1.29 is 22.7 Å². The van der Waals surface area contributed by atoms with Gasteiger partial charge in [-0.25, -0.2) is 0 Å². The Morgan fingerprint density at radius 2 is 2.11 bits per heavy atom. The van der Waals surface area contributed by atoms with Gasteiger partial charge in [-0.05, 0) is 22.9 Å². The van der Waals surface area contributed by atoms with Crippen molar-refractivity contribution in [1.82, 2.24) is 9.78 Å². The molecule has 0 saturated carbocycles. The lowest BCUT2D eigenvalue weighted by Crippen LogP contribution is -2.21. The summed E-state index contributed by atoms with van der Waals surface area (Å²) in [6, 6.07) is 0. The van der Waals surface area contributed by atoms with E-state index >= 15 is 0 Å². The third-order valence-corrected chi connectivity index (χ3v) is 3.19. The molecule has 0 aromatic carbocycles. The first-order valence-corrected chi connectivity index (χ1v) is 5.84. The quantitative estimate of drug-likeness (QED) is 0.832. The van der Waals surface area contributed by atoms with E-state index in [0.29, 0.717) is 10.2 Å². The highest BCUT2D eigenvalue weighted by Gasteiger charge is 2.27. The molecule has 0 aliphatic carbocycles. The average Bonchev–Trinajstić information content (AvgIpc) is 2.43. The third-order valence-electron chi connectivity index (χ3n) is 2.16. The molecule has 0 bridgehead atoms. The number of aryl methyl sites for hydroxylation is 2. The highest BCUT2D eigenvalue weighted by Crippen LogP contribution is 2.21. The predicted molar refractivity (Wildman–Crippen MR) is 61.2 cm³/mol. The lowest BCUT2D eigenvalue weighted by molar-refractivity contribution is -0.175. The lowest BCUT2D eigenvalue weighted by Gasteiger charge is -2.07. The van der Waals surface area contributed by atoms with Crippen molar-refractivity contribution >= 4 is 21.7 Å². The van der Waals surface area contributed by atoms with Crippen LogP contribution in [0.1, 0.15) is 11.4 Å². The molecule has 4 nitrogen and oxygen atoms in total. The van der Waals surface area contributed by atoms with Gasteiger partial charge < -0.3 is 4.74 Å². The van der Waals surface area contributed by atoms with Crippen molar-refractivity contribution in [1.29, 1.82) is 0 Å². The summed E-state index contributed by atoms with van der Waals surface area (Å²) in [7, 11) is 1.66. The van der Waals surface area contributed by atoms with Crippen molar-refractivity contribution in [2.75, 3.05) is 13.2 Å². The molecule has 0 atom stereocenters. The number of hydrogen-bond donors (Lipinski definition) is 0. The SMILES string of the molecule is Cc1nn(C)c(CC(=O)COCC(F)(F)F)c1Br. The van der Waals surface area contributed by atoms with Gasteiger partial charge >= 0.3 is 6.18 Å². The van der Waals surface area contributed by atoms with Gasteiger partial charge in [-0.1, -0.05) is 0 Å². The molecule has 0 fully saturated rings. The monoisotopic (exact) mass is 328 g/mol. The molecule has 0 radical (unpaired) electrons. The van der Waals surface area contributed by atoms with E-state index in [1.165, 1.54) is 4.68 Å². The first-order chi connectivity index (χ1) is 8.20. The number of aromatic nitrogens is 2. The second-order valence-corrected chi connectivity index (χ2v) is 4.59. The molecule has 1 aromatic heterocycles. The van der Waals surface area contributed by atoms with Crippen LogP contribution in [0.15, 0.2) is 4.47 Å². The summed E-state index contributed by atoms with van der Waals surface area (Å²) in [4.78, 5) is 11.5. The minimum Gasteiger partial charge on any atom is -0.364 e. The Morgan fingerprint density at radius 3 is 2.56 bits per heavy atom. The van der Waals surface area contributed by atoms with E-state index in [0.717, 1.165) is 5.69 Å². The zero-order chi connectivity index (χ0) is 13.9. The van der Waals surface area contributed by atoms with Crippen LogP contribution < -0.4 is 0 Å². The molecule has 0 unspecified atom stereocenters. The number of carbonyl (C=O) groups excluding carboxylic acids is 1. The largest absolute Gasteiger partial charge is 0.411 e. The summed E-state index contributed by atoms with van der Waals surface area (Å²) in [6.07, 6.45) is -4.43. The Morgan fingerprint density at radius 1 is 1.50 bits per heavy atom. The van der Waals surface area contributed by atoms with Crippen LogP contribution in [0.4, 0.5) is 13.2 Å². The van der Waals surface area contributed by atoms with Crippen LogP contribution in [-0.2, 0) is 23.0 Å². The molecular formula is C10H12BrF3N2O2. The Kier molecular flexibility index (Phi) is 4.92. The van der Waals surface area contributed by atoms with Crippen LogP contribution in [0.25, 0.3) is 0 Å². The van der Waals surface area contributed by atoms with Gasteiger partial charge in [0.05, 0.1) is 22.3 Å². The number of Topliss-reactive ketones (excluding diaryl/α,β-unsaturated/α-hetero) is 1. The number of alkyl halides is 3.